The molecule has 2 aromatic heterocycles. The zero-order valence-electron chi connectivity index (χ0n) is 29.6. The monoisotopic (exact) mass is 628 g/mol. The van der Waals surface area contributed by atoms with Crippen molar-refractivity contribution >= 4 is 34.6 Å². The molecule has 6 nitrogen and oxygen atoms in total. The molecule has 0 fully saturated rings. The fourth-order valence-electron chi connectivity index (χ4n) is 3.89. The van der Waals surface area contributed by atoms with E-state index in [0.717, 1.165) is 41.8 Å². The predicted molar refractivity (Wildman–Crippen MR) is 192 cm³/mol. The van der Waals surface area contributed by atoms with Crippen molar-refractivity contribution in [3.8, 4) is 11.3 Å². The summed E-state index contributed by atoms with van der Waals surface area (Å²) in [5.41, 5.74) is 4.81. The minimum absolute atomic E-state index is 0.0644. The number of H-pyrrole nitrogens is 1. The first-order valence-corrected chi connectivity index (χ1v) is 16.9. The van der Waals surface area contributed by atoms with Gasteiger partial charge >= 0.3 is 0 Å². The van der Waals surface area contributed by atoms with Crippen molar-refractivity contribution in [2.75, 3.05) is 13.7 Å². The molecule has 0 bridgehead atoms. The number of ether oxygens (including phenoxy) is 2. The second-order valence-electron chi connectivity index (χ2n) is 10.0. The topological polar surface area (TPSA) is 81.3 Å². The van der Waals surface area contributed by atoms with E-state index in [1.54, 1.807) is 19.3 Å². The molecule has 0 saturated heterocycles. The van der Waals surface area contributed by atoms with Gasteiger partial charge in [0.05, 0.1) is 30.1 Å². The van der Waals surface area contributed by atoms with E-state index in [1.165, 1.54) is 38.0 Å². The highest BCUT2D eigenvalue weighted by Crippen LogP contribution is 2.31. The van der Waals surface area contributed by atoms with E-state index in [0.29, 0.717) is 28.9 Å². The first-order chi connectivity index (χ1) is 21.0. The second kappa shape index (κ2) is 26.5. The van der Waals surface area contributed by atoms with Crippen LogP contribution in [0.15, 0.2) is 48.0 Å². The van der Waals surface area contributed by atoms with Gasteiger partial charge < -0.3 is 14.5 Å². The Morgan fingerprint density at radius 1 is 1.11 bits per heavy atom. The highest BCUT2D eigenvalue weighted by atomic mass is 32.1. The minimum atomic E-state index is -0.115. The van der Waals surface area contributed by atoms with Gasteiger partial charge in [-0.25, -0.2) is 4.98 Å². The van der Waals surface area contributed by atoms with E-state index in [1.807, 2.05) is 57.5 Å². The molecule has 0 spiro atoms. The van der Waals surface area contributed by atoms with Crippen molar-refractivity contribution in [1.29, 1.82) is 0 Å². The van der Waals surface area contributed by atoms with E-state index in [2.05, 4.69) is 51.2 Å². The number of thiazole rings is 1. The van der Waals surface area contributed by atoms with Crippen LogP contribution < -0.4 is 0 Å². The van der Waals surface area contributed by atoms with Crippen LogP contribution in [0.25, 0.3) is 22.9 Å². The maximum absolute atomic E-state index is 12.2. The van der Waals surface area contributed by atoms with Crippen molar-refractivity contribution in [3.63, 3.8) is 0 Å². The summed E-state index contributed by atoms with van der Waals surface area (Å²) in [6, 6.07) is 0. The molecule has 2 atom stereocenters. The minimum Gasteiger partial charge on any atom is -0.382 e. The summed E-state index contributed by atoms with van der Waals surface area (Å²) in [6.07, 6.45) is 16.9. The molecule has 2 heterocycles. The van der Waals surface area contributed by atoms with Crippen molar-refractivity contribution in [2.24, 2.45) is 0 Å². The Morgan fingerprint density at radius 3 is 2.23 bits per heavy atom. The number of rotatable bonds is 15. The average Bonchev–Trinajstić information content (AvgIpc) is 3.62. The van der Waals surface area contributed by atoms with Gasteiger partial charge in [0.15, 0.2) is 11.6 Å². The molecule has 0 aliphatic carbocycles. The van der Waals surface area contributed by atoms with Crippen LogP contribution in [0.5, 0.6) is 0 Å². The maximum atomic E-state index is 12.2. The van der Waals surface area contributed by atoms with Crippen molar-refractivity contribution in [2.45, 2.75) is 120 Å². The number of aromatic amines is 1. The Kier molecular flexibility index (Phi) is 26.1. The maximum Gasteiger partial charge on any atom is 0.162 e. The molecule has 2 unspecified atom stereocenters. The zero-order chi connectivity index (χ0) is 34.1. The van der Waals surface area contributed by atoms with Gasteiger partial charge in [0, 0.05) is 41.1 Å². The highest BCUT2D eigenvalue weighted by molar-refractivity contribution is 7.11. The summed E-state index contributed by atoms with van der Waals surface area (Å²) in [7, 11) is 1.72. The van der Waals surface area contributed by atoms with Gasteiger partial charge in [0.1, 0.15) is 5.01 Å². The number of hydrogen-bond donors (Lipinski definition) is 1. The fourth-order valence-corrected chi connectivity index (χ4v) is 4.77. The number of methoxy groups -OCH3 is 1. The summed E-state index contributed by atoms with van der Waals surface area (Å²) in [5, 5.41) is 2.54. The standard InChI is InChI=1S/C22H24N2O2S.C10H22O2.C3H8.C2H6/c1-6-8-10-18-14(3)23-12-20(18)21-13-27-22(24-21)19(16(5)26)11-17(9-7-2)15(4)25;1-5-7-9(3)12-10(6-2)8-11-4;1-3-2;1-2/h6,8-13,23H,1,7H2,2-5H3;9-10H,5-8H2,1-4H3;3H2,1-2H3;1-2H3/b10-8-,17-9+,19-11+;;;. The molecule has 2 aromatic rings. The van der Waals surface area contributed by atoms with Gasteiger partial charge in [-0.05, 0) is 53.0 Å². The number of allylic oxidation sites excluding steroid dienone is 6. The summed E-state index contributed by atoms with van der Waals surface area (Å²) >= 11 is 1.40. The Labute approximate surface area is 272 Å². The van der Waals surface area contributed by atoms with Gasteiger partial charge in [0.2, 0.25) is 0 Å². The largest absolute Gasteiger partial charge is 0.382 e. The number of nitrogens with zero attached hydrogens (tertiary/aromatic N) is 1. The molecule has 44 heavy (non-hydrogen) atoms. The van der Waals surface area contributed by atoms with Crippen LogP contribution in [-0.4, -0.2) is 47.5 Å². The quantitative estimate of drug-likeness (QED) is 0.157. The van der Waals surface area contributed by atoms with E-state index in [4.69, 9.17) is 9.47 Å². The number of aromatic nitrogens is 2. The first kappa shape index (κ1) is 43.3. The molecule has 0 radical (unpaired) electrons. The number of aryl methyl sites for hydroxylation is 1. The number of hydrogen-bond acceptors (Lipinski definition) is 6. The van der Waals surface area contributed by atoms with Crippen molar-refractivity contribution < 1.29 is 19.1 Å². The Balaban J connectivity index is 0. The molecule has 7 heteroatoms. The van der Waals surface area contributed by atoms with Crippen molar-refractivity contribution in [1.82, 2.24) is 9.97 Å². The number of carbonyl (C=O) groups excluding carboxylic acids is 2. The van der Waals surface area contributed by atoms with Gasteiger partial charge in [-0.15, -0.1) is 11.3 Å². The van der Waals surface area contributed by atoms with Gasteiger partial charge in [0.25, 0.3) is 0 Å². The molecule has 0 aliphatic rings. The third-order valence-electron chi connectivity index (χ3n) is 5.97. The molecule has 1 N–H and O–H groups in total. The zero-order valence-corrected chi connectivity index (χ0v) is 30.5. The highest BCUT2D eigenvalue weighted by Gasteiger charge is 2.17. The lowest BCUT2D eigenvalue weighted by Gasteiger charge is -2.20. The van der Waals surface area contributed by atoms with Crippen LogP contribution in [-0.2, 0) is 19.1 Å². The van der Waals surface area contributed by atoms with E-state index >= 15 is 0 Å². The van der Waals surface area contributed by atoms with E-state index < -0.39 is 0 Å². The molecular formula is C37H60N2O4S. The average molecular weight is 629 g/mol. The number of nitrogens with one attached hydrogen (secondary N) is 1. The van der Waals surface area contributed by atoms with Gasteiger partial charge in [-0.1, -0.05) is 92.2 Å². The molecule has 2 rings (SSSR count). The van der Waals surface area contributed by atoms with Gasteiger partial charge in [-0.3, -0.25) is 9.59 Å². The Morgan fingerprint density at radius 2 is 1.75 bits per heavy atom. The Bertz CT molecular complexity index is 1170. The molecular weight excluding hydrogens is 568 g/mol. The Hall–Kier alpha value is -2.87. The van der Waals surface area contributed by atoms with E-state index in [9.17, 15) is 9.59 Å². The number of carbonyl (C=O) groups is 2. The first-order valence-electron chi connectivity index (χ1n) is 16.1. The van der Waals surface area contributed by atoms with Crippen LogP contribution in [0.1, 0.15) is 118 Å². The lowest BCUT2D eigenvalue weighted by molar-refractivity contribution is -0.113. The molecule has 0 amide bonds. The smallest absolute Gasteiger partial charge is 0.162 e. The molecule has 0 saturated carbocycles. The third kappa shape index (κ3) is 16.8. The van der Waals surface area contributed by atoms with Crippen molar-refractivity contribution in [3.05, 3.63) is 64.3 Å². The van der Waals surface area contributed by atoms with Crippen LogP contribution in [0.2, 0.25) is 0 Å². The lowest BCUT2D eigenvalue weighted by atomic mass is 10.0. The number of Topliss-reactive ketones (excluding diaryl/α,β-unsaturated/α-hetero) is 2. The number of ketones is 2. The fraction of sp³-hybridized carbons (Fsp3) is 0.541. The summed E-state index contributed by atoms with van der Waals surface area (Å²) < 4.78 is 10.8. The van der Waals surface area contributed by atoms with Crippen LogP contribution in [0.4, 0.5) is 0 Å². The molecule has 0 aliphatic heterocycles. The second-order valence-corrected chi connectivity index (χ2v) is 10.9. The van der Waals surface area contributed by atoms with E-state index in [-0.39, 0.29) is 17.7 Å². The lowest BCUT2D eigenvalue weighted by Crippen LogP contribution is -2.23. The summed E-state index contributed by atoms with van der Waals surface area (Å²) in [6.45, 7) is 26.1. The molecule has 0 aromatic carbocycles. The summed E-state index contributed by atoms with van der Waals surface area (Å²) in [5.74, 6) is -0.179. The van der Waals surface area contributed by atoms with Crippen LogP contribution in [0.3, 0.4) is 0 Å². The summed E-state index contributed by atoms with van der Waals surface area (Å²) in [4.78, 5) is 31.9. The predicted octanol–water partition coefficient (Wildman–Crippen LogP) is 10.6. The SMILES string of the molecule is C=C/C=C\c1c(-c2csc(/C(=C/C(=C\CC)C(C)=O)C(C)=O)n2)c[nH]c1C.CC.CCC.CCCC(C)OC(CC)COC. The van der Waals surface area contributed by atoms with Gasteiger partial charge in [-0.2, -0.15) is 0 Å². The normalized spacial score (nSPS) is 12.6. The van der Waals surface area contributed by atoms with Crippen LogP contribution in [0, 0.1) is 6.92 Å². The molecule has 248 valence electrons. The van der Waals surface area contributed by atoms with Crippen LogP contribution >= 0.6 is 11.3 Å². The third-order valence-corrected chi connectivity index (χ3v) is 6.85.